The third-order valence-corrected chi connectivity index (χ3v) is 3.71. The van der Waals surface area contributed by atoms with Crippen LogP contribution in [-0.4, -0.2) is 25.7 Å². The molecule has 0 spiro atoms. The molecule has 2 N–H and O–H groups in total. The molecule has 0 radical (unpaired) electrons. The van der Waals surface area contributed by atoms with Crippen molar-refractivity contribution >= 4 is 0 Å². The molecule has 0 aromatic heterocycles. The van der Waals surface area contributed by atoms with Crippen LogP contribution in [0.15, 0.2) is 0 Å². The Bertz CT molecular complexity index is 146. The third kappa shape index (κ3) is 3.25. The van der Waals surface area contributed by atoms with Gasteiger partial charge in [0.05, 0.1) is 0 Å². The first kappa shape index (κ1) is 10.4. The van der Waals surface area contributed by atoms with Crippen LogP contribution in [-0.2, 0) is 0 Å². The van der Waals surface area contributed by atoms with Crippen molar-refractivity contribution in [2.75, 3.05) is 19.6 Å². The minimum atomic E-state index is 0.763. The third-order valence-electron chi connectivity index (χ3n) is 3.71. The quantitative estimate of drug-likeness (QED) is 0.717. The number of hydrogen-bond acceptors (Lipinski definition) is 2. The van der Waals surface area contributed by atoms with Crippen molar-refractivity contribution in [1.29, 1.82) is 0 Å². The van der Waals surface area contributed by atoms with Gasteiger partial charge in [-0.25, -0.2) is 0 Å². The first-order valence-corrected chi connectivity index (χ1v) is 6.39. The van der Waals surface area contributed by atoms with E-state index >= 15 is 0 Å². The average molecular weight is 196 g/mol. The molecule has 2 fully saturated rings. The van der Waals surface area contributed by atoms with E-state index in [1.165, 1.54) is 64.6 Å². The van der Waals surface area contributed by atoms with Crippen LogP contribution in [0, 0.1) is 5.92 Å². The van der Waals surface area contributed by atoms with Gasteiger partial charge >= 0.3 is 0 Å². The van der Waals surface area contributed by atoms with Crippen molar-refractivity contribution in [1.82, 2.24) is 10.6 Å². The van der Waals surface area contributed by atoms with Crippen LogP contribution in [0.5, 0.6) is 0 Å². The van der Waals surface area contributed by atoms with Crippen LogP contribution in [0.3, 0.4) is 0 Å². The van der Waals surface area contributed by atoms with E-state index in [-0.39, 0.29) is 0 Å². The zero-order valence-electron chi connectivity index (χ0n) is 9.23. The monoisotopic (exact) mass is 196 g/mol. The zero-order valence-corrected chi connectivity index (χ0v) is 9.23. The Morgan fingerprint density at radius 2 is 1.79 bits per heavy atom. The lowest BCUT2D eigenvalue weighted by Gasteiger charge is -2.22. The molecule has 0 aromatic carbocycles. The fraction of sp³-hybridized carbons (Fsp3) is 1.00. The van der Waals surface area contributed by atoms with Crippen LogP contribution in [0.2, 0.25) is 0 Å². The second-order valence-electron chi connectivity index (χ2n) is 4.96. The molecule has 1 atom stereocenters. The smallest absolute Gasteiger partial charge is 0.0192 e. The van der Waals surface area contributed by atoms with Gasteiger partial charge in [-0.3, -0.25) is 0 Å². The molecule has 2 aliphatic rings. The van der Waals surface area contributed by atoms with Crippen molar-refractivity contribution in [2.24, 2.45) is 5.92 Å². The van der Waals surface area contributed by atoms with Crippen LogP contribution < -0.4 is 10.6 Å². The van der Waals surface area contributed by atoms with E-state index < -0.39 is 0 Å². The molecule has 0 aromatic rings. The second kappa shape index (κ2) is 5.72. The lowest BCUT2D eigenvalue weighted by molar-refractivity contribution is 0.337. The second-order valence-corrected chi connectivity index (χ2v) is 4.96. The van der Waals surface area contributed by atoms with E-state index in [1.54, 1.807) is 0 Å². The van der Waals surface area contributed by atoms with Gasteiger partial charge in [-0.05, 0) is 44.7 Å². The summed E-state index contributed by atoms with van der Waals surface area (Å²) in [7, 11) is 0. The fourth-order valence-corrected chi connectivity index (χ4v) is 2.78. The molecule has 0 amide bonds. The molecular weight excluding hydrogens is 172 g/mol. The normalized spacial score (nSPS) is 29.6. The maximum atomic E-state index is 3.63. The van der Waals surface area contributed by atoms with Crippen molar-refractivity contribution < 1.29 is 0 Å². The Hall–Kier alpha value is -0.0800. The molecule has 1 saturated carbocycles. The maximum absolute atomic E-state index is 3.63. The molecular formula is C12H24N2. The molecule has 2 heteroatoms. The first-order chi connectivity index (χ1) is 6.95. The Kier molecular flexibility index (Phi) is 4.26. The van der Waals surface area contributed by atoms with Crippen molar-refractivity contribution in [2.45, 2.75) is 51.0 Å². The number of hydrogen-bond donors (Lipinski definition) is 2. The molecule has 2 nitrogen and oxygen atoms in total. The summed E-state index contributed by atoms with van der Waals surface area (Å²) in [5, 5.41) is 7.17. The molecule has 82 valence electrons. The number of nitrogens with one attached hydrogen (secondary N) is 2. The van der Waals surface area contributed by atoms with E-state index in [1.807, 2.05) is 0 Å². The molecule has 1 heterocycles. The summed E-state index contributed by atoms with van der Waals surface area (Å²) in [6.45, 7) is 3.68. The van der Waals surface area contributed by atoms with Gasteiger partial charge in [-0.15, -0.1) is 0 Å². The highest BCUT2D eigenvalue weighted by molar-refractivity contribution is 4.77. The van der Waals surface area contributed by atoms with E-state index in [2.05, 4.69) is 10.6 Å². The van der Waals surface area contributed by atoms with Crippen molar-refractivity contribution in [3.8, 4) is 0 Å². The summed E-state index contributed by atoms with van der Waals surface area (Å²) in [5.74, 6) is 0.977. The Morgan fingerprint density at radius 1 is 0.929 bits per heavy atom. The van der Waals surface area contributed by atoms with Gasteiger partial charge in [-0.2, -0.15) is 0 Å². The fourth-order valence-electron chi connectivity index (χ4n) is 2.78. The van der Waals surface area contributed by atoms with Crippen LogP contribution in [0.1, 0.15) is 44.9 Å². The molecule has 0 unspecified atom stereocenters. The highest BCUT2D eigenvalue weighted by Crippen LogP contribution is 2.22. The predicted molar refractivity (Wildman–Crippen MR) is 60.5 cm³/mol. The molecule has 1 aliphatic heterocycles. The first-order valence-electron chi connectivity index (χ1n) is 6.39. The van der Waals surface area contributed by atoms with Crippen molar-refractivity contribution in [3.63, 3.8) is 0 Å². The van der Waals surface area contributed by atoms with E-state index in [4.69, 9.17) is 0 Å². The van der Waals surface area contributed by atoms with Crippen molar-refractivity contribution in [3.05, 3.63) is 0 Å². The van der Waals surface area contributed by atoms with Crippen LogP contribution in [0.4, 0.5) is 0 Å². The molecule has 14 heavy (non-hydrogen) atoms. The molecule has 0 bridgehead atoms. The maximum Gasteiger partial charge on any atom is 0.0192 e. The van der Waals surface area contributed by atoms with E-state index in [0.717, 1.165) is 12.0 Å². The standard InChI is InChI=1S/C12H24N2/c1-2-5-11(6-3-1)9-13-10-12-7-4-8-14-12/h11-14H,1-10H2/t12-/m0/s1. The van der Waals surface area contributed by atoms with Gasteiger partial charge in [0.2, 0.25) is 0 Å². The predicted octanol–water partition coefficient (Wildman–Crippen LogP) is 1.91. The largest absolute Gasteiger partial charge is 0.315 e. The summed E-state index contributed by atoms with van der Waals surface area (Å²) in [6.07, 6.45) is 10.1. The zero-order chi connectivity index (χ0) is 9.64. The topological polar surface area (TPSA) is 24.1 Å². The average Bonchev–Trinajstić information content (AvgIpc) is 2.72. The summed E-state index contributed by atoms with van der Waals surface area (Å²) in [6, 6.07) is 0.763. The summed E-state index contributed by atoms with van der Waals surface area (Å²) >= 11 is 0. The Balaban J connectivity index is 1.52. The Labute approximate surface area is 87.8 Å². The lowest BCUT2D eigenvalue weighted by atomic mass is 9.89. The van der Waals surface area contributed by atoms with Gasteiger partial charge in [-0.1, -0.05) is 19.3 Å². The Morgan fingerprint density at radius 3 is 2.50 bits per heavy atom. The van der Waals surface area contributed by atoms with Gasteiger partial charge < -0.3 is 10.6 Å². The van der Waals surface area contributed by atoms with Crippen LogP contribution in [0.25, 0.3) is 0 Å². The molecule has 1 aliphatic carbocycles. The van der Waals surface area contributed by atoms with E-state index in [0.29, 0.717) is 0 Å². The van der Waals surface area contributed by atoms with Gasteiger partial charge in [0.15, 0.2) is 0 Å². The highest BCUT2D eigenvalue weighted by Gasteiger charge is 2.15. The highest BCUT2D eigenvalue weighted by atomic mass is 15.0. The van der Waals surface area contributed by atoms with E-state index in [9.17, 15) is 0 Å². The summed E-state index contributed by atoms with van der Waals surface area (Å²) < 4.78 is 0. The summed E-state index contributed by atoms with van der Waals surface area (Å²) in [4.78, 5) is 0. The van der Waals surface area contributed by atoms with Gasteiger partial charge in [0.1, 0.15) is 0 Å². The molecule has 2 rings (SSSR count). The minimum Gasteiger partial charge on any atom is -0.315 e. The number of rotatable bonds is 4. The lowest BCUT2D eigenvalue weighted by Crippen LogP contribution is -2.36. The van der Waals surface area contributed by atoms with Gasteiger partial charge in [0.25, 0.3) is 0 Å². The van der Waals surface area contributed by atoms with Gasteiger partial charge in [0, 0.05) is 12.6 Å². The summed E-state index contributed by atoms with van der Waals surface area (Å²) in [5.41, 5.74) is 0. The minimum absolute atomic E-state index is 0.763. The SMILES string of the molecule is C1CCC(CNC[C@@H]2CCCN2)CC1. The van der Waals surface area contributed by atoms with Crippen LogP contribution >= 0.6 is 0 Å². The molecule has 1 saturated heterocycles.